The lowest BCUT2D eigenvalue weighted by Crippen LogP contribution is -2.16. The summed E-state index contributed by atoms with van der Waals surface area (Å²) in [5, 5.41) is 12.3. The molecule has 1 amide bonds. The minimum Gasteiger partial charge on any atom is -0.300 e. The van der Waals surface area contributed by atoms with Gasteiger partial charge in [0.05, 0.1) is 5.92 Å². The molecular weight excluding hydrogens is 308 g/mol. The van der Waals surface area contributed by atoms with Crippen LogP contribution in [0, 0.1) is 17.3 Å². The number of carbonyl (C=O) groups excluding carboxylic acids is 1. The second-order valence-corrected chi connectivity index (χ2v) is 7.66. The van der Waals surface area contributed by atoms with Crippen molar-refractivity contribution < 1.29 is 4.79 Å². The van der Waals surface area contributed by atoms with E-state index in [1.54, 1.807) is 6.20 Å². The molecule has 2 heterocycles. The maximum absolute atomic E-state index is 12.5. The number of hydrogen-bond acceptors (Lipinski definition) is 5. The molecule has 1 N–H and O–H groups in total. The Labute approximate surface area is 139 Å². The molecule has 0 bridgehead atoms. The lowest BCUT2D eigenvalue weighted by Gasteiger charge is -2.01. The van der Waals surface area contributed by atoms with Gasteiger partial charge in [0.25, 0.3) is 0 Å². The summed E-state index contributed by atoms with van der Waals surface area (Å²) in [5.74, 6) is 0.288. The quantitative estimate of drug-likeness (QED) is 0.867. The van der Waals surface area contributed by atoms with Gasteiger partial charge in [-0.1, -0.05) is 42.9 Å². The van der Waals surface area contributed by atoms with Crippen molar-refractivity contribution in [3.8, 4) is 10.7 Å². The van der Waals surface area contributed by atoms with Crippen molar-refractivity contribution in [2.75, 3.05) is 5.32 Å². The summed E-state index contributed by atoms with van der Waals surface area (Å²) in [5.41, 5.74) is 2.00. The van der Waals surface area contributed by atoms with Gasteiger partial charge < -0.3 is 5.32 Å². The van der Waals surface area contributed by atoms with Crippen LogP contribution < -0.4 is 5.32 Å². The summed E-state index contributed by atoms with van der Waals surface area (Å²) >= 11 is 1.34. The Hall–Kier alpha value is -2.08. The lowest BCUT2D eigenvalue weighted by atomic mass is 10.1. The van der Waals surface area contributed by atoms with Gasteiger partial charge in [0.1, 0.15) is 5.69 Å². The van der Waals surface area contributed by atoms with Gasteiger partial charge in [0.2, 0.25) is 11.0 Å². The molecule has 2 aromatic rings. The van der Waals surface area contributed by atoms with Crippen molar-refractivity contribution in [2.24, 2.45) is 17.3 Å². The third kappa shape index (κ3) is 3.17. The highest BCUT2D eigenvalue weighted by molar-refractivity contribution is 7.18. The lowest BCUT2D eigenvalue weighted by molar-refractivity contribution is -0.118. The van der Waals surface area contributed by atoms with Crippen LogP contribution in [0.5, 0.6) is 0 Å². The van der Waals surface area contributed by atoms with Crippen molar-refractivity contribution in [3.05, 3.63) is 36.0 Å². The van der Waals surface area contributed by atoms with E-state index in [-0.39, 0.29) is 23.2 Å². The first-order valence-electron chi connectivity index (χ1n) is 7.60. The van der Waals surface area contributed by atoms with Crippen molar-refractivity contribution in [1.82, 2.24) is 15.2 Å². The summed E-state index contributed by atoms with van der Waals surface area (Å²) in [6.45, 7) is 8.38. The van der Waals surface area contributed by atoms with E-state index < -0.39 is 0 Å². The Morgan fingerprint density at radius 3 is 2.74 bits per heavy atom. The van der Waals surface area contributed by atoms with Crippen LogP contribution in [-0.4, -0.2) is 21.1 Å². The van der Waals surface area contributed by atoms with Gasteiger partial charge in [-0.05, 0) is 37.3 Å². The zero-order valence-electron chi connectivity index (χ0n) is 13.7. The Morgan fingerprint density at radius 1 is 1.30 bits per heavy atom. The minimum atomic E-state index is -0.0143. The van der Waals surface area contributed by atoms with E-state index in [1.165, 1.54) is 16.9 Å². The zero-order valence-corrected chi connectivity index (χ0v) is 14.5. The Kier molecular flexibility index (Phi) is 4.02. The smallest absolute Gasteiger partial charge is 0.230 e. The van der Waals surface area contributed by atoms with Crippen LogP contribution in [0.1, 0.15) is 27.7 Å². The molecule has 120 valence electrons. The molecule has 0 aliphatic heterocycles. The summed E-state index contributed by atoms with van der Waals surface area (Å²) in [7, 11) is 0. The molecule has 1 fully saturated rings. The first-order chi connectivity index (χ1) is 10.9. The number of carbonyl (C=O) groups is 1. The van der Waals surface area contributed by atoms with Crippen LogP contribution in [0.25, 0.3) is 10.7 Å². The van der Waals surface area contributed by atoms with E-state index in [2.05, 4.69) is 54.3 Å². The van der Waals surface area contributed by atoms with Gasteiger partial charge in [-0.15, -0.1) is 10.2 Å². The highest BCUT2D eigenvalue weighted by atomic mass is 32.1. The normalized spacial score (nSPS) is 21.6. The number of aromatic nitrogens is 3. The molecule has 2 aromatic heterocycles. The molecule has 6 heteroatoms. The molecule has 23 heavy (non-hydrogen) atoms. The van der Waals surface area contributed by atoms with E-state index in [0.717, 1.165) is 5.69 Å². The third-order valence-corrected chi connectivity index (χ3v) is 5.11. The van der Waals surface area contributed by atoms with Crippen molar-refractivity contribution in [1.29, 1.82) is 0 Å². The molecule has 2 atom stereocenters. The number of anilines is 1. The first kappa shape index (κ1) is 15.8. The molecule has 1 saturated carbocycles. The van der Waals surface area contributed by atoms with Crippen LogP contribution in [-0.2, 0) is 4.79 Å². The van der Waals surface area contributed by atoms with E-state index in [4.69, 9.17) is 0 Å². The summed E-state index contributed by atoms with van der Waals surface area (Å²) in [6.07, 6.45) is 3.90. The van der Waals surface area contributed by atoms with Crippen molar-refractivity contribution >= 4 is 22.4 Å². The Balaban J connectivity index is 1.70. The summed E-state index contributed by atoms with van der Waals surface area (Å²) in [6, 6.07) is 5.63. The molecule has 0 radical (unpaired) electrons. The van der Waals surface area contributed by atoms with E-state index >= 15 is 0 Å². The molecule has 0 aromatic carbocycles. The van der Waals surface area contributed by atoms with E-state index in [9.17, 15) is 4.79 Å². The highest BCUT2D eigenvalue weighted by Gasteiger charge is 2.60. The molecule has 1 aliphatic carbocycles. The number of pyridine rings is 1. The van der Waals surface area contributed by atoms with Crippen LogP contribution in [0.4, 0.5) is 5.13 Å². The van der Waals surface area contributed by atoms with Gasteiger partial charge in [0.15, 0.2) is 5.01 Å². The van der Waals surface area contributed by atoms with Crippen LogP contribution in [0.15, 0.2) is 36.0 Å². The van der Waals surface area contributed by atoms with Crippen LogP contribution >= 0.6 is 11.3 Å². The largest absolute Gasteiger partial charge is 0.300 e. The molecule has 0 spiro atoms. The SMILES string of the molecule is CC(C)=CC1C(C(=O)Nc2nnc(-c3ccccn3)s2)C1(C)C. The average Bonchev–Trinajstić information content (AvgIpc) is 2.86. The number of nitrogens with zero attached hydrogens (tertiary/aromatic N) is 3. The predicted molar refractivity (Wildman–Crippen MR) is 92.0 cm³/mol. The zero-order chi connectivity index (χ0) is 16.6. The molecule has 1 aliphatic rings. The van der Waals surface area contributed by atoms with Gasteiger partial charge >= 0.3 is 0 Å². The average molecular weight is 328 g/mol. The fourth-order valence-electron chi connectivity index (χ4n) is 2.90. The first-order valence-corrected chi connectivity index (χ1v) is 8.42. The summed E-state index contributed by atoms with van der Waals surface area (Å²) in [4.78, 5) is 16.8. The molecule has 5 nitrogen and oxygen atoms in total. The second-order valence-electron chi connectivity index (χ2n) is 6.69. The monoisotopic (exact) mass is 328 g/mol. The Morgan fingerprint density at radius 2 is 2.09 bits per heavy atom. The number of nitrogens with one attached hydrogen (secondary N) is 1. The fourth-order valence-corrected chi connectivity index (χ4v) is 3.62. The van der Waals surface area contributed by atoms with Crippen molar-refractivity contribution in [3.63, 3.8) is 0 Å². The van der Waals surface area contributed by atoms with E-state index in [0.29, 0.717) is 10.1 Å². The topological polar surface area (TPSA) is 67.8 Å². The third-order valence-electron chi connectivity index (χ3n) is 4.25. The number of allylic oxidation sites excluding steroid dienone is 2. The molecule has 0 saturated heterocycles. The molecule has 3 rings (SSSR count). The van der Waals surface area contributed by atoms with Gasteiger partial charge in [-0.25, -0.2) is 0 Å². The maximum atomic E-state index is 12.5. The molecular formula is C17H20N4OS. The van der Waals surface area contributed by atoms with Crippen LogP contribution in [0.2, 0.25) is 0 Å². The van der Waals surface area contributed by atoms with Gasteiger partial charge in [-0.3, -0.25) is 9.78 Å². The number of rotatable bonds is 4. The highest BCUT2D eigenvalue weighted by Crippen LogP contribution is 2.59. The maximum Gasteiger partial charge on any atom is 0.230 e. The van der Waals surface area contributed by atoms with Gasteiger partial charge in [-0.2, -0.15) is 0 Å². The van der Waals surface area contributed by atoms with E-state index in [1.807, 2.05) is 18.2 Å². The van der Waals surface area contributed by atoms with Gasteiger partial charge in [0, 0.05) is 6.20 Å². The number of amides is 1. The molecule has 2 unspecified atom stereocenters. The predicted octanol–water partition coefficient (Wildman–Crippen LogP) is 3.78. The number of hydrogen-bond donors (Lipinski definition) is 1. The second kappa shape index (κ2) is 5.85. The standard InChI is InChI=1S/C17H20N4OS/c1-10(2)9-11-13(17(11,3)4)14(22)19-16-21-20-15(23-16)12-7-5-6-8-18-12/h5-9,11,13H,1-4H3,(H,19,21,22). The van der Waals surface area contributed by atoms with Crippen molar-refractivity contribution in [2.45, 2.75) is 27.7 Å². The minimum absolute atomic E-state index is 0.00411. The Bertz CT molecular complexity index is 747. The summed E-state index contributed by atoms with van der Waals surface area (Å²) < 4.78 is 0. The van der Waals surface area contributed by atoms with Crippen LogP contribution in [0.3, 0.4) is 0 Å². The fraction of sp³-hybridized carbons (Fsp3) is 0.412.